The molecule has 1 fully saturated rings. The standard InChI is InChI=1S/C22H25F2N3O/c1-15-4-3-11-25(15)16(2)22(28)27-13-12-26(19-8-5-17(23)6-9-19)21-14-18(24)7-10-20(21)27/h5-10,14-16H,3-4,11-13H2,1-2H3/t15-,16?/m1/s1. The molecule has 0 bridgehead atoms. The fourth-order valence-corrected chi connectivity index (χ4v) is 4.40. The van der Waals surface area contributed by atoms with Crippen molar-refractivity contribution in [3.8, 4) is 0 Å². The maximum atomic E-state index is 14.0. The first kappa shape index (κ1) is 18.9. The number of carbonyl (C=O) groups is 1. The van der Waals surface area contributed by atoms with E-state index in [2.05, 4.69) is 11.8 Å². The quantitative estimate of drug-likeness (QED) is 0.787. The van der Waals surface area contributed by atoms with E-state index in [9.17, 15) is 13.6 Å². The number of amides is 1. The van der Waals surface area contributed by atoms with Crippen molar-refractivity contribution in [2.75, 3.05) is 29.4 Å². The Bertz CT molecular complexity index is 871. The van der Waals surface area contributed by atoms with Crippen molar-refractivity contribution in [2.45, 2.75) is 38.8 Å². The lowest BCUT2D eigenvalue weighted by Gasteiger charge is -2.40. The number of fused-ring (bicyclic) bond motifs is 1. The highest BCUT2D eigenvalue weighted by Crippen LogP contribution is 2.39. The molecule has 0 aromatic heterocycles. The van der Waals surface area contributed by atoms with Crippen LogP contribution < -0.4 is 9.80 Å². The van der Waals surface area contributed by atoms with Gasteiger partial charge in [-0.3, -0.25) is 9.69 Å². The zero-order valence-corrected chi connectivity index (χ0v) is 16.2. The molecule has 1 amide bonds. The van der Waals surface area contributed by atoms with Gasteiger partial charge in [0.2, 0.25) is 5.91 Å². The Morgan fingerprint density at radius 2 is 1.71 bits per heavy atom. The third-order valence-electron chi connectivity index (χ3n) is 5.93. The van der Waals surface area contributed by atoms with Crippen molar-refractivity contribution in [1.29, 1.82) is 0 Å². The molecule has 2 aromatic carbocycles. The van der Waals surface area contributed by atoms with Gasteiger partial charge in [0.15, 0.2) is 0 Å². The molecule has 4 nitrogen and oxygen atoms in total. The predicted molar refractivity (Wildman–Crippen MR) is 107 cm³/mol. The van der Waals surface area contributed by atoms with Crippen LogP contribution in [0.3, 0.4) is 0 Å². The van der Waals surface area contributed by atoms with Crippen LogP contribution in [0.5, 0.6) is 0 Å². The maximum absolute atomic E-state index is 14.0. The van der Waals surface area contributed by atoms with E-state index in [1.165, 1.54) is 24.3 Å². The molecule has 2 aliphatic heterocycles. The van der Waals surface area contributed by atoms with Gasteiger partial charge in [-0.05, 0) is 75.7 Å². The molecule has 2 aromatic rings. The van der Waals surface area contributed by atoms with E-state index in [4.69, 9.17) is 0 Å². The van der Waals surface area contributed by atoms with E-state index in [1.54, 1.807) is 23.1 Å². The average Bonchev–Trinajstić information content (AvgIpc) is 3.12. The summed E-state index contributed by atoms with van der Waals surface area (Å²) in [6, 6.07) is 10.8. The van der Waals surface area contributed by atoms with Gasteiger partial charge in [0.1, 0.15) is 11.6 Å². The summed E-state index contributed by atoms with van der Waals surface area (Å²) >= 11 is 0. The van der Waals surface area contributed by atoms with E-state index >= 15 is 0 Å². The van der Waals surface area contributed by atoms with E-state index in [-0.39, 0.29) is 23.6 Å². The van der Waals surface area contributed by atoms with Crippen LogP contribution in [0.1, 0.15) is 26.7 Å². The Balaban J connectivity index is 1.66. The smallest absolute Gasteiger partial charge is 0.244 e. The summed E-state index contributed by atoms with van der Waals surface area (Å²) in [5.74, 6) is -0.632. The highest BCUT2D eigenvalue weighted by Gasteiger charge is 2.35. The van der Waals surface area contributed by atoms with Crippen LogP contribution in [-0.4, -0.2) is 42.5 Å². The Labute approximate surface area is 164 Å². The molecular formula is C22H25F2N3O. The fraction of sp³-hybridized carbons (Fsp3) is 0.409. The first-order valence-electron chi connectivity index (χ1n) is 9.85. The number of rotatable bonds is 3. The molecule has 28 heavy (non-hydrogen) atoms. The highest BCUT2D eigenvalue weighted by molar-refractivity contribution is 6.01. The van der Waals surface area contributed by atoms with E-state index < -0.39 is 0 Å². The van der Waals surface area contributed by atoms with Gasteiger partial charge in [0.05, 0.1) is 17.4 Å². The maximum Gasteiger partial charge on any atom is 0.244 e. The molecule has 2 aliphatic rings. The summed E-state index contributed by atoms with van der Waals surface area (Å²) in [4.78, 5) is 19.2. The topological polar surface area (TPSA) is 26.8 Å². The molecule has 0 saturated carbocycles. The molecule has 1 saturated heterocycles. The van der Waals surface area contributed by atoms with Gasteiger partial charge in [0.25, 0.3) is 0 Å². The van der Waals surface area contributed by atoms with Crippen molar-refractivity contribution in [3.63, 3.8) is 0 Å². The Kier molecular flexibility index (Phi) is 5.06. The number of carbonyl (C=O) groups excluding carboxylic acids is 1. The van der Waals surface area contributed by atoms with Crippen LogP contribution in [0, 0.1) is 11.6 Å². The largest absolute Gasteiger partial charge is 0.338 e. The van der Waals surface area contributed by atoms with Gasteiger partial charge in [-0.15, -0.1) is 0 Å². The van der Waals surface area contributed by atoms with Gasteiger partial charge in [-0.25, -0.2) is 8.78 Å². The lowest BCUT2D eigenvalue weighted by molar-refractivity contribution is -0.123. The van der Waals surface area contributed by atoms with Crippen LogP contribution in [-0.2, 0) is 4.79 Å². The summed E-state index contributed by atoms with van der Waals surface area (Å²) < 4.78 is 27.3. The number of hydrogen-bond acceptors (Lipinski definition) is 3. The SMILES string of the molecule is CC(C(=O)N1CCN(c2ccc(F)cc2)c2cc(F)ccc21)N1CCC[C@H]1C. The molecule has 2 heterocycles. The van der Waals surface area contributed by atoms with E-state index in [1.807, 2.05) is 11.8 Å². The summed E-state index contributed by atoms with van der Waals surface area (Å²) in [5.41, 5.74) is 2.11. The zero-order valence-electron chi connectivity index (χ0n) is 16.2. The average molecular weight is 385 g/mol. The molecule has 2 atom stereocenters. The lowest BCUT2D eigenvalue weighted by Crippen LogP contribution is -2.51. The minimum atomic E-state index is -0.360. The zero-order chi connectivity index (χ0) is 19.8. The fourth-order valence-electron chi connectivity index (χ4n) is 4.40. The molecule has 6 heteroatoms. The van der Waals surface area contributed by atoms with Crippen LogP contribution in [0.2, 0.25) is 0 Å². The Morgan fingerprint density at radius 1 is 1.00 bits per heavy atom. The van der Waals surface area contributed by atoms with Gasteiger partial charge in [-0.1, -0.05) is 0 Å². The molecule has 0 N–H and O–H groups in total. The molecular weight excluding hydrogens is 360 g/mol. The van der Waals surface area contributed by atoms with Crippen molar-refractivity contribution in [2.24, 2.45) is 0 Å². The van der Waals surface area contributed by atoms with E-state index in [0.29, 0.717) is 30.5 Å². The summed E-state index contributed by atoms with van der Waals surface area (Å²) in [6.45, 7) is 6.07. The highest BCUT2D eigenvalue weighted by atomic mass is 19.1. The second kappa shape index (κ2) is 7.51. The monoisotopic (exact) mass is 385 g/mol. The number of benzene rings is 2. The molecule has 148 valence electrons. The number of hydrogen-bond donors (Lipinski definition) is 0. The first-order chi connectivity index (χ1) is 13.5. The lowest BCUT2D eigenvalue weighted by atomic mass is 10.1. The van der Waals surface area contributed by atoms with Crippen molar-refractivity contribution < 1.29 is 13.6 Å². The van der Waals surface area contributed by atoms with Crippen molar-refractivity contribution in [1.82, 2.24) is 4.90 Å². The van der Waals surface area contributed by atoms with Crippen molar-refractivity contribution in [3.05, 3.63) is 54.1 Å². The van der Waals surface area contributed by atoms with Gasteiger partial charge in [-0.2, -0.15) is 0 Å². The molecule has 0 aliphatic carbocycles. The van der Waals surface area contributed by atoms with E-state index in [0.717, 1.165) is 25.1 Å². The number of nitrogens with zero attached hydrogens (tertiary/aromatic N) is 3. The third-order valence-corrected chi connectivity index (χ3v) is 5.93. The Hall–Kier alpha value is -2.47. The third kappa shape index (κ3) is 3.37. The molecule has 1 unspecified atom stereocenters. The normalized spacial score (nSPS) is 20.9. The number of likely N-dealkylation sites (tertiary alicyclic amines) is 1. The Morgan fingerprint density at radius 3 is 2.39 bits per heavy atom. The summed E-state index contributed by atoms with van der Waals surface area (Å²) in [6.07, 6.45) is 2.22. The molecule has 0 spiro atoms. The first-order valence-corrected chi connectivity index (χ1v) is 9.85. The molecule has 4 rings (SSSR count). The van der Waals surface area contributed by atoms with Crippen molar-refractivity contribution >= 4 is 23.0 Å². The number of halogens is 2. The summed E-state index contributed by atoms with van der Waals surface area (Å²) in [5, 5.41) is 0. The van der Waals surface area contributed by atoms with Crippen LogP contribution in [0.15, 0.2) is 42.5 Å². The van der Waals surface area contributed by atoms with Gasteiger partial charge in [0, 0.05) is 24.8 Å². The van der Waals surface area contributed by atoms with Gasteiger partial charge >= 0.3 is 0 Å². The predicted octanol–water partition coefficient (Wildman–Crippen LogP) is 4.32. The minimum Gasteiger partial charge on any atom is -0.338 e. The van der Waals surface area contributed by atoms with Gasteiger partial charge < -0.3 is 9.80 Å². The van der Waals surface area contributed by atoms with Crippen LogP contribution in [0.4, 0.5) is 25.8 Å². The summed E-state index contributed by atoms with van der Waals surface area (Å²) in [7, 11) is 0. The number of anilines is 3. The van der Waals surface area contributed by atoms with Crippen LogP contribution >= 0.6 is 0 Å². The second-order valence-electron chi connectivity index (χ2n) is 7.66. The minimum absolute atomic E-state index is 0.0420. The molecule has 0 radical (unpaired) electrons. The van der Waals surface area contributed by atoms with Crippen LogP contribution in [0.25, 0.3) is 0 Å². The second-order valence-corrected chi connectivity index (χ2v) is 7.66.